The predicted octanol–water partition coefficient (Wildman–Crippen LogP) is 9.40. The van der Waals surface area contributed by atoms with Crippen molar-refractivity contribution in [3.8, 4) is 0 Å². The fraction of sp³-hybridized carbons (Fsp3) is 0.280. The topological polar surface area (TPSA) is 209 Å². The summed E-state index contributed by atoms with van der Waals surface area (Å²) in [6, 6.07) is 38.5. The van der Waals surface area contributed by atoms with Crippen LogP contribution in [-0.2, 0) is 50.2 Å². The predicted molar refractivity (Wildman–Crippen MR) is 262 cm³/mol. The van der Waals surface area contributed by atoms with Crippen molar-refractivity contribution < 1.29 is 41.4 Å². The highest BCUT2D eigenvalue weighted by Crippen LogP contribution is 2.29. The summed E-state index contributed by atoms with van der Waals surface area (Å²) in [7, 11) is -6.69. The Hall–Kier alpha value is -6.36. The molecule has 0 bridgehead atoms. The highest BCUT2D eigenvalue weighted by atomic mass is 32.2. The normalized spacial score (nSPS) is 11.2. The molecule has 0 aliphatic rings. The van der Waals surface area contributed by atoms with Crippen LogP contribution in [0.5, 0.6) is 0 Å². The number of carboxylic acids is 2. The molecule has 0 saturated carbocycles. The number of rotatable bonds is 23. The van der Waals surface area contributed by atoms with Crippen LogP contribution < -0.4 is 16.0 Å². The summed E-state index contributed by atoms with van der Waals surface area (Å²) in [6.07, 6.45) is 5.77. The summed E-state index contributed by atoms with van der Waals surface area (Å²) in [5.41, 5.74) is 7.52. The number of aryl methyl sites for hydroxylation is 5. The first-order valence-electron chi connectivity index (χ1n) is 21.6. The number of carbonyl (C=O) groups excluding carboxylic acids is 1. The molecule has 0 radical (unpaired) electrons. The number of nitrogens with zero attached hydrogens (tertiary/aromatic N) is 1. The zero-order valence-corrected chi connectivity index (χ0v) is 39.5. The van der Waals surface area contributed by atoms with Gasteiger partial charge in [-0.2, -0.15) is 0 Å². The lowest BCUT2D eigenvalue weighted by molar-refractivity contribution is -0.114. The molecular weight excluding hydrogens is 897 g/mol. The minimum Gasteiger partial charge on any atom is -0.478 e. The van der Waals surface area contributed by atoms with Gasteiger partial charge in [-0.15, -0.1) is 0 Å². The van der Waals surface area contributed by atoms with E-state index in [9.17, 15) is 31.2 Å². The lowest BCUT2D eigenvalue weighted by Gasteiger charge is -2.12. The molecule has 6 aromatic rings. The molecule has 0 atom stereocenters. The number of hydrogen-bond donors (Lipinski definition) is 5. The third-order valence-electron chi connectivity index (χ3n) is 10.5. The quantitative estimate of drug-likeness (QED) is 0.0381. The second-order valence-electron chi connectivity index (χ2n) is 15.6. The summed E-state index contributed by atoms with van der Waals surface area (Å²) >= 11 is 0.987. The molecule has 5 aromatic carbocycles. The SMILES string of the molecule is CC(=O)Nc1nc(C)c(S(=O)(=O)CCCCNc2ccccc2CCc2ccc(C(=O)O)cc2)s1.O=C(O)c1ccc(CCc2ccccc2NCCCCS(=O)(=O)c2ccccc2)cc1. The van der Waals surface area contributed by atoms with Crippen LogP contribution in [0.4, 0.5) is 16.5 Å². The Kier molecular flexibility index (Phi) is 19.0. The van der Waals surface area contributed by atoms with E-state index in [-0.39, 0.29) is 27.2 Å². The Morgan fingerprint density at radius 2 is 1.00 bits per heavy atom. The fourth-order valence-corrected chi connectivity index (χ4v) is 11.4. The van der Waals surface area contributed by atoms with Gasteiger partial charge in [0.15, 0.2) is 24.8 Å². The molecule has 1 amide bonds. The number of carboxylic acid groups (broad SMARTS) is 2. The van der Waals surface area contributed by atoms with E-state index in [1.165, 1.54) is 12.5 Å². The molecule has 0 aliphatic carbocycles. The van der Waals surface area contributed by atoms with Gasteiger partial charge >= 0.3 is 11.9 Å². The molecule has 1 aromatic heterocycles. The van der Waals surface area contributed by atoms with Gasteiger partial charge in [0.05, 0.1) is 33.2 Å². The third kappa shape index (κ3) is 16.0. The summed E-state index contributed by atoms with van der Waals surface area (Å²) in [4.78, 5) is 37.7. The van der Waals surface area contributed by atoms with Crippen LogP contribution in [0.2, 0.25) is 0 Å². The average molecular weight is 953 g/mol. The van der Waals surface area contributed by atoms with Crippen LogP contribution in [0.1, 0.15) is 81.3 Å². The Morgan fingerprint density at radius 3 is 1.45 bits per heavy atom. The van der Waals surface area contributed by atoms with E-state index in [0.29, 0.717) is 53.6 Å². The summed E-state index contributed by atoms with van der Waals surface area (Å²) in [5, 5.41) is 27.7. The zero-order chi connectivity index (χ0) is 47.5. The monoisotopic (exact) mass is 952 g/mol. The van der Waals surface area contributed by atoms with E-state index in [2.05, 4.69) is 33.1 Å². The van der Waals surface area contributed by atoms with E-state index in [0.717, 1.165) is 71.5 Å². The van der Waals surface area contributed by atoms with Crippen LogP contribution in [0.25, 0.3) is 0 Å². The first-order valence-corrected chi connectivity index (χ1v) is 25.8. The fourth-order valence-electron chi connectivity index (χ4n) is 7.00. The number of thiazole rings is 1. The van der Waals surface area contributed by atoms with Crippen molar-refractivity contribution in [2.45, 2.75) is 74.3 Å². The van der Waals surface area contributed by atoms with E-state index < -0.39 is 31.6 Å². The second-order valence-corrected chi connectivity index (χ2v) is 21.0. The molecule has 1 heterocycles. The van der Waals surface area contributed by atoms with Gasteiger partial charge in [0.1, 0.15) is 4.21 Å². The van der Waals surface area contributed by atoms with Crippen LogP contribution in [-0.4, -0.2) is 74.5 Å². The molecule has 348 valence electrons. The van der Waals surface area contributed by atoms with Gasteiger partial charge in [-0.25, -0.2) is 31.4 Å². The van der Waals surface area contributed by atoms with Crippen LogP contribution >= 0.6 is 11.3 Å². The summed E-state index contributed by atoms with van der Waals surface area (Å²) in [5.74, 6) is -1.98. The Bertz CT molecular complexity index is 2760. The zero-order valence-electron chi connectivity index (χ0n) is 37.0. The highest BCUT2D eigenvalue weighted by molar-refractivity contribution is 7.93. The van der Waals surface area contributed by atoms with E-state index >= 15 is 0 Å². The molecule has 0 spiro atoms. The van der Waals surface area contributed by atoms with Crippen molar-refractivity contribution in [2.24, 2.45) is 0 Å². The second kappa shape index (κ2) is 24.8. The first-order chi connectivity index (χ1) is 31.6. The molecule has 0 aliphatic heterocycles. The minimum absolute atomic E-state index is 0.0191. The van der Waals surface area contributed by atoms with Crippen molar-refractivity contribution in [1.29, 1.82) is 0 Å². The van der Waals surface area contributed by atoms with Crippen molar-refractivity contribution in [1.82, 2.24) is 4.98 Å². The number of benzene rings is 5. The van der Waals surface area contributed by atoms with Crippen LogP contribution in [0.15, 0.2) is 136 Å². The minimum atomic E-state index is -3.47. The number of aromatic nitrogens is 1. The maximum Gasteiger partial charge on any atom is 0.335 e. The molecule has 5 N–H and O–H groups in total. The number of aromatic carboxylic acids is 2. The average Bonchev–Trinajstić information content (AvgIpc) is 3.68. The van der Waals surface area contributed by atoms with Gasteiger partial charge in [0.25, 0.3) is 0 Å². The maximum absolute atomic E-state index is 12.7. The number of sulfone groups is 2. The Morgan fingerprint density at radius 1 is 0.561 bits per heavy atom. The van der Waals surface area contributed by atoms with Crippen LogP contribution in [0, 0.1) is 6.92 Å². The lowest BCUT2D eigenvalue weighted by Crippen LogP contribution is -2.10. The van der Waals surface area contributed by atoms with Gasteiger partial charge < -0.3 is 26.2 Å². The summed E-state index contributed by atoms with van der Waals surface area (Å²) < 4.78 is 50.3. The van der Waals surface area contributed by atoms with Gasteiger partial charge in [-0.1, -0.05) is 90.2 Å². The lowest BCUT2D eigenvalue weighted by atomic mass is 10.0. The van der Waals surface area contributed by atoms with Crippen molar-refractivity contribution in [2.75, 3.05) is 40.5 Å². The Balaban J connectivity index is 0.000000249. The molecule has 0 unspecified atom stereocenters. The molecule has 6 rings (SSSR count). The number of hydrogen-bond acceptors (Lipinski definition) is 11. The van der Waals surface area contributed by atoms with Gasteiger partial charge in [-0.3, -0.25) is 4.79 Å². The van der Waals surface area contributed by atoms with Gasteiger partial charge in [0.2, 0.25) is 5.91 Å². The van der Waals surface area contributed by atoms with Crippen LogP contribution in [0.3, 0.4) is 0 Å². The van der Waals surface area contributed by atoms with Crippen molar-refractivity contribution in [3.05, 3.63) is 166 Å². The summed E-state index contributed by atoms with van der Waals surface area (Å²) in [6.45, 7) is 4.33. The molecule has 0 fully saturated rings. The molecular formula is C50H56N4O9S3. The number of para-hydroxylation sites is 2. The molecule has 66 heavy (non-hydrogen) atoms. The van der Waals surface area contributed by atoms with E-state index in [1.807, 2.05) is 66.7 Å². The maximum atomic E-state index is 12.7. The number of amides is 1. The van der Waals surface area contributed by atoms with Gasteiger partial charge in [0, 0.05) is 31.4 Å². The number of nitrogens with one attached hydrogen (secondary N) is 3. The molecule has 16 heteroatoms. The molecule has 13 nitrogen and oxygen atoms in total. The Labute approximate surface area is 391 Å². The number of carbonyl (C=O) groups is 3. The smallest absolute Gasteiger partial charge is 0.335 e. The third-order valence-corrected chi connectivity index (χ3v) is 15.9. The van der Waals surface area contributed by atoms with Gasteiger partial charge in [-0.05, 0) is 129 Å². The first kappa shape index (κ1) is 50.6. The standard InChI is InChI=1S/C25H29N3O5S2.C25H27NO4S/c1-17-24(34-25(27-17)28-18(2)29)35(32,33)16-6-5-15-26-22-8-4-3-7-20(22)12-9-19-10-13-21(14-11-19)23(30)31;27-25(28)22-16-13-20(14-17-22)12-15-21-8-4-5-11-24(21)26-18-6-7-19-31(29,30)23-9-2-1-3-10-23/h3-4,7-8,10-11,13-14,26H,5-6,9,12,15-16H2,1-2H3,(H,30,31)(H,27,28,29);1-5,8-11,13-14,16-17,26H,6-7,12,15,18-19H2,(H,27,28). The van der Waals surface area contributed by atoms with Crippen molar-refractivity contribution >= 4 is 65.4 Å². The highest BCUT2D eigenvalue weighted by Gasteiger charge is 2.22. The number of unbranched alkanes of at least 4 members (excludes halogenated alkanes) is 2. The van der Waals surface area contributed by atoms with Crippen molar-refractivity contribution in [3.63, 3.8) is 0 Å². The number of anilines is 3. The largest absolute Gasteiger partial charge is 0.478 e. The van der Waals surface area contributed by atoms with E-state index in [1.54, 1.807) is 55.5 Å². The molecule has 0 saturated heterocycles. The van der Waals surface area contributed by atoms with E-state index in [4.69, 9.17) is 10.2 Å².